The van der Waals surface area contributed by atoms with Crippen LogP contribution in [0.25, 0.3) is 0 Å². The van der Waals surface area contributed by atoms with Crippen molar-refractivity contribution in [2.24, 2.45) is 33.9 Å². The quantitative estimate of drug-likeness (QED) is 0.0398. The molecule has 2 heterocycles. The topological polar surface area (TPSA) is 187 Å². The summed E-state index contributed by atoms with van der Waals surface area (Å²) in [6.45, 7) is 11.0. The normalized spacial score (nSPS) is 26.4. The highest BCUT2D eigenvalue weighted by atomic mass is 32.1. The van der Waals surface area contributed by atoms with Crippen LogP contribution in [0.4, 0.5) is 0 Å². The van der Waals surface area contributed by atoms with E-state index >= 15 is 0 Å². The number of nitrogens with one attached hydrogen (secondary N) is 3. The van der Waals surface area contributed by atoms with Crippen LogP contribution in [0.5, 0.6) is 0 Å². The Morgan fingerprint density at radius 2 is 1.96 bits per heavy atom. The molecule has 2 amide bonds. The van der Waals surface area contributed by atoms with Crippen molar-refractivity contribution in [1.82, 2.24) is 16.1 Å². The van der Waals surface area contributed by atoms with Gasteiger partial charge in [0.05, 0.1) is 22.5 Å². The van der Waals surface area contributed by atoms with Gasteiger partial charge >= 0.3 is 7.12 Å². The Bertz CT molecular complexity index is 1260. The minimum absolute atomic E-state index is 0.0193. The molecular formula is C30H47BN6O7S. The standard InChI is InChI=1S/C30H47BN6O7S/c1-18(2)15-25(31-43-24-17-19-16-23(29(19,3)4)30(24,5)44-31)35-27(40)20(9-7-13-33-28(32)36-37(41)42)34-26(39)12-6-10-21(38)22-11-8-14-45-22/h8,11,14,18-20,23-25H,6-7,9-10,12-13,15-17H2,1-5H3,(H,34,39)(H,35,40)(H3,32,33,36)/t19-,20+,23-,24-,25+,30+/m1/s1. The molecule has 5 N–H and O–H groups in total. The fourth-order valence-corrected chi connectivity index (χ4v) is 7.92. The summed E-state index contributed by atoms with van der Waals surface area (Å²) in [4.78, 5) is 54.2. The second-order valence-electron chi connectivity index (χ2n) is 13.7. The number of carbonyl (C=O) groups is 3. The van der Waals surface area contributed by atoms with E-state index in [2.05, 4.69) is 50.2 Å². The van der Waals surface area contributed by atoms with Gasteiger partial charge in [0.25, 0.3) is 5.96 Å². The number of aliphatic imine (C=N–C) groups is 1. The van der Waals surface area contributed by atoms with E-state index in [1.54, 1.807) is 11.5 Å². The number of amides is 2. The highest BCUT2D eigenvalue weighted by molar-refractivity contribution is 7.12. The fourth-order valence-electron chi connectivity index (χ4n) is 7.23. The van der Waals surface area contributed by atoms with Gasteiger partial charge in [0, 0.05) is 19.4 Å². The molecular weight excluding hydrogens is 599 g/mol. The highest BCUT2D eigenvalue weighted by Gasteiger charge is 2.68. The SMILES string of the molecule is CC(C)C[C@H](NC(=O)[C@H](CCCN=C(N)N[N+](=O)[O-])NC(=O)CCCC(=O)c1cccs1)B1O[C@@H]2C[C@H]3C[C@H](C3(C)C)[C@]2(C)O1. The third-order valence-corrected chi connectivity index (χ3v) is 10.7. The van der Waals surface area contributed by atoms with Crippen molar-refractivity contribution >= 4 is 42.0 Å². The second-order valence-corrected chi connectivity index (χ2v) is 14.7. The average Bonchev–Trinajstić information content (AvgIpc) is 3.61. The number of ketones is 1. The van der Waals surface area contributed by atoms with Crippen molar-refractivity contribution in [3.05, 3.63) is 32.5 Å². The van der Waals surface area contributed by atoms with Gasteiger partial charge < -0.3 is 25.7 Å². The lowest BCUT2D eigenvalue weighted by atomic mass is 9.43. The van der Waals surface area contributed by atoms with Gasteiger partial charge in [-0.05, 0) is 80.1 Å². The second kappa shape index (κ2) is 14.6. The van der Waals surface area contributed by atoms with Crippen LogP contribution in [0.2, 0.25) is 0 Å². The zero-order valence-electron chi connectivity index (χ0n) is 26.9. The molecule has 1 aliphatic heterocycles. The average molecular weight is 647 g/mol. The molecule has 248 valence electrons. The maximum Gasteiger partial charge on any atom is 0.481 e. The number of hydrogen-bond acceptors (Lipinski definition) is 9. The van der Waals surface area contributed by atoms with Gasteiger partial charge in [-0.15, -0.1) is 11.3 Å². The number of thiophene rings is 1. The third kappa shape index (κ3) is 8.42. The van der Waals surface area contributed by atoms with E-state index in [1.165, 1.54) is 11.3 Å². The van der Waals surface area contributed by atoms with Gasteiger partial charge in [-0.1, -0.05) is 39.2 Å². The molecule has 6 atom stereocenters. The van der Waals surface area contributed by atoms with Crippen LogP contribution in [0.15, 0.2) is 22.5 Å². The lowest BCUT2D eigenvalue weighted by Gasteiger charge is -2.64. The summed E-state index contributed by atoms with van der Waals surface area (Å²) < 4.78 is 13.2. The maximum absolute atomic E-state index is 13.8. The molecule has 13 nitrogen and oxygen atoms in total. The Hall–Kier alpha value is -3.04. The molecule has 1 aromatic heterocycles. The van der Waals surface area contributed by atoms with E-state index in [-0.39, 0.29) is 66.8 Å². The number of nitro groups is 1. The minimum atomic E-state index is -0.897. The molecule has 3 aliphatic carbocycles. The van der Waals surface area contributed by atoms with Gasteiger partial charge in [-0.2, -0.15) is 0 Å². The monoisotopic (exact) mass is 646 g/mol. The first-order chi connectivity index (χ1) is 21.2. The molecule has 1 saturated heterocycles. The predicted molar refractivity (Wildman–Crippen MR) is 172 cm³/mol. The molecule has 45 heavy (non-hydrogen) atoms. The maximum atomic E-state index is 13.8. The first kappa shape index (κ1) is 34.8. The summed E-state index contributed by atoms with van der Waals surface area (Å²) in [5.41, 5.74) is 7.06. The molecule has 3 saturated carbocycles. The van der Waals surface area contributed by atoms with Crippen LogP contribution in [0.3, 0.4) is 0 Å². The summed E-state index contributed by atoms with van der Waals surface area (Å²) in [5.74, 6) is -0.297. The summed E-state index contributed by atoms with van der Waals surface area (Å²) >= 11 is 1.36. The van der Waals surface area contributed by atoms with Crippen LogP contribution in [0.1, 0.15) is 95.7 Å². The lowest BCUT2D eigenvalue weighted by molar-refractivity contribution is -0.525. The number of carbonyl (C=O) groups excluding carboxylic acids is 3. The molecule has 2 bridgehead atoms. The van der Waals surface area contributed by atoms with Crippen LogP contribution < -0.4 is 21.8 Å². The molecule has 0 spiro atoms. The minimum Gasteiger partial charge on any atom is -0.404 e. The fraction of sp³-hybridized carbons (Fsp3) is 0.733. The molecule has 0 unspecified atom stereocenters. The Kier molecular flexibility index (Phi) is 11.3. The molecule has 5 rings (SSSR count). The molecule has 4 aliphatic rings. The van der Waals surface area contributed by atoms with E-state index < -0.39 is 29.7 Å². The van der Waals surface area contributed by atoms with Gasteiger partial charge in [0.1, 0.15) is 6.04 Å². The van der Waals surface area contributed by atoms with Crippen molar-refractivity contribution in [2.75, 3.05) is 6.54 Å². The van der Waals surface area contributed by atoms with E-state index in [0.717, 1.165) is 12.8 Å². The zero-order valence-corrected chi connectivity index (χ0v) is 27.7. The van der Waals surface area contributed by atoms with Crippen molar-refractivity contribution in [2.45, 2.75) is 110 Å². The Balaban J connectivity index is 1.40. The lowest BCUT2D eigenvalue weighted by Crippen LogP contribution is -2.65. The van der Waals surface area contributed by atoms with Gasteiger partial charge in [-0.25, -0.2) is 15.1 Å². The smallest absolute Gasteiger partial charge is 0.404 e. The van der Waals surface area contributed by atoms with E-state index in [9.17, 15) is 24.5 Å². The number of hydrazine groups is 1. The molecule has 4 fully saturated rings. The van der Waals surface area contributed by atoms with E-state index in [0.29, 0.717) is 36.0 Å². The van der Waals surface area contributed by atoms with E-state index in [1.807, 2.05) is 11.4 Å². The predicted octanol–water partition coefficient (Wildman–Crippen LogP) is 3.26. The molecule has 0 aromatic carbocycles. The Morgan fingerprint density at radius 3 is 2.60 bits per heavy atom. The van der Waals surface area contributed by atoms with Crippen molar-refractivity contribution < 1.29 is 28.7 Å². The third-order valence-electron chi connectivity index (χ3n) is 9.74. The van der Waals surface area contributed by atoms with Crippen molar-refractivity contribution in [3.8, 4) is 0 Å². The number of nitrogens with two attached hydrogens (primary N) is 1. The summed E-state index contributed by atoms with van der Waals surface area (Å²) in [6.07, 6.45) is 3.86. The first-order valence-corrected chi connectivity index (χ1v) is 16.8. The molecule has 0 radical (unpaired) electrons. The Morgan fingerprint density at radius 1 is 1.20 bits per heavy atom. The number of Topliss-reactive ketones (excluding diaryl/α,β-unsaturated/α-hetero) is 1. The molecule has 15 heteroatoms. The number of nitrogens with zero attached hydrogens (tertiary/aromatic N) is 2. The van der Waals surface area contributed by atoms with Crippen molar-refractivity contribution in [1.29, 1.82) is 0 Å². The van der Waals surface area contributed by atoms with Gasteiger partial charge in [0.2, 0.25) is 11.8 Å². The highest BCUT2D eigenvalue weighted by Crippen LogP contribution is 2.65. The van der Waals surface area contributed by atoms with Crippen LogP contribution >= 0.6 is 11.3 Å². The van der Waals surface area contributed by atoms with Crippen LogP contribution in [-0.4, -0.2) is 65.9 Å². The van der Waals surface area contributed by atoms with E-state index in [4.69, 9.17) is 15.0 Å². The summed E-state index contributed by atoms with van der Waals surface area (Å²) in [7, 11) is -0.612. The number of guanidine groups is 1. The summed E-state index contributed by atoms with van der Waals surface area (Å²) in [6, 6.07) is 2.67. The van der Waals surface area contributed by atoms with Gasteiger partial charge in [0.15, 0.2) is 10.8 Å². The number of hydrogen-bond donors (Lipinski definition) is 4. The van der Waals surface area contributed by atoms with Crippen LogP contribution in [-0.2, 0) is 18.9 Å². The Labute approximate surface area is 269 Å². The summed E-state index contributed by atoms with van der Waals surface area (Å²) in [5, 5.41) is 17.6. The molecule has 1 aromatic rings. The number of rotatable bonds is 16. The van der Waals surface area contributed by atoms with Gasteiger partial charge in [-0.3, -0.25) is 14.4 Å². The largest absolute Gasteiger partial charge is 0.481 e. The first-order valence-electron chi connectivity index (χ1n) is 15.9. The van der Waals surface area contributed by atoms with Crippen molar-refractivity contribution in [3.63, 3.8) is 0 Å². The zero-order chi connectivity index (χ0) is 32.9. The van der Waals surface area contributed by atoms with Crippen LogP contribution in [0, 0.1) is 33.3 Å².